The van der Waals surface area contributed by atoms with Gasteiger partial charge in [-0.15, -0.1) is 0 Å². The molecular formula is C37H52NO+. The highest BCUT2D eigenvalue weighted by Gasteiger charge is 2.01. The lowest BCUT2D eigenvalue weighted by molar-refractivity contribution is -0.697. The van der Waals surface area contributed by atoms with Crippen molar-refractivity contribution >= 4 is 12.2 Å². The summed E-state index contributed by atoms with van der Waals surface area (Å²) in [5.41, 5.74) is 2.39. The Morgan fingerprint density at radius 2 is 0.923 bits per heavy atom. The van der Waals surface area contributed by atoms with Gasteiger partial charge in [-0.1, -0.05) is 139 Å². The van der Waals surface area contributed by atoms with Crippen molar-refractivity contribution in [1.29, 1.82) is 0 Å². The molecule has 1 aromatic heterocycles. The molecule has 39 heavy (non-hydrogen) atoms. The molecule has 1 heterocycles. The third kappa shape index (κ3) is 14.2. The van der Waals surface area contributed by atoms with Crippen LogP contribution in [0.5, 0.6) is 11.5 Å². The number of unbranched alkanes of at least 4 members (excludes halogenated alkanes) is 15. The number of hydrogen-bond donors (Lipinski definition) is 0. The van der Waals surface area contributed by atoms with Crippen LogP contribution in [-0.2, 0) is 6.54 Å². The van der Waals surface area contributed by atoms with E-state index >= 15 is 0 Å². The zero-order valence-corrected chi connectivity index (χ0v) is 24.5. The largest absolute Gasteiger partial charge is 0.457 e. The van der Waals surface area contributed by atoms with E-state index in [-0.39, 0.29) is 0 Å². The second kappa shape index (κ2) is 20.1. The Labute approximate surface area is 239 Å². The molecule has 0 atom stereocenters. The Morgan fingerprint density at radius 3 is 1.44 bits per heavy atom. The van der Waals surface area contributed by atoms with Gasteiger partial charge in [0.15, 0.2) is 12.4 Å². The highest BCUT2D eigenvalue weighted by atomic mass is 16.5. The van der Waals surface area contributed by atoms with Crippen molar-refractivity contribution in [2.75, 3.05) is 0 Å². The summed E-state index contributed by atoms with van der Waals surface area (Å²) in [6.07, 6.45) is 31.4. The van der Waals surface area contributed by atoms with Gasteiger partial charge in [-0.25, -0.2) is 4.57 Å². The van der Waals surface area contributed by atoms with Gasteiger partial charge in [-0.2, -0.15) is 0 Å². The predicted octanol–water partition coefficient (Wildman–Crippen LogP) is 11.2. The summed E-state index contributed by atoms with van der Waals surface area (Å²) < 4.78 is 8.19. The van der Waals surface area contributed by atoms with Crippen LogP contribution in [0, 0.1) is 0 Å². The first-order valence-corrected chi connectivity index (χ1v) is 15.8. The van der Waals surface area contributed by atoms with Gasteiger partial charge in [0.05, 0.1) is 0 Å². The Balaban J connectivity index is 1.18. The highest BCUT2D eigenvalue weighted by Crippen LogP contribution is 2.22. The molecule has 210 valence electrons. The maximum Gasteiger partial charge on any atom is 0.169 e. The third-order valence-electron chi connectivity index (χ3n) is 7.51. The van der Waals surface area contributed by atoms with E-state index in [1.807, 2.05) is 42.5 Å². The lowest BCUT2D eigenvalue weighted by Crippen LogP contribution is -2.32. The molecule has 0 aliphatic heterocycles. The summed E-state index contributed by atoms with van der Waals surface area (Å²) >= 11 is 0. The van der Waals surface area contributed by atoms with E-state index in [1.165, 1.54) is 114 Å². The van der Waals surface area contributed by atoms with Crippen LogP contribution in [0.1, 0.15) is 121 Å². The Bertz CT molecular complexity index is 1010. The molecule has 0 aliphatic rings. The molecule has 0 saturated carbocycles. The first-order valence-electron chi connectivity index (χ1n) is 15.8. The Morgan fingerprint density at radius 1 is 0.487 bits per heavy atom. The van der Waals surface area contributed by atoms with Crippen LogP contribution in [0.25, 0.3) is 12.2 Å². The molecule has 0 bridgehead atoms. The Kier molecular flexibility index (Phi) is 15.8. The molecule has 3 rings (SSSR count). The molecule has 0 amide bonds. The number of aromatic nitrogens is 1. The van der Waals surface area contributed by atoms with Crippen LogP contribution in [0.3, 0.4) is 0 Å². The van der Waals surface area contributed by atoms with E-state index in [0.29, 0.717) is 0 Å². The SMILES string of the molecule is CCCCCCCCCCCCCCCCCC[n+]1ccc(/C=C/c2ccc(Oc3ccccc3)cc2)cc1. The standard InChI is InChI=1S/C37H52NO/c1-2-3-4-5-6-7-8-9-10-11-12-13-14-15-16-20-31-38-32-29-35(30-33-38)24-23-34-25-27-37(28-26-34)39-36-21-18-17-19-22-36/h17-19,21-30,32-33H,2-16,20,31H2,1H3/q+1/b24-23+. The molecule has 0 saturated heterocycles. The van der Waals surface area contributed by atoms with Crippen molar-refractivity contribution in [1.82, 2.24) is 0 Å². The van der Waals surface area contributed by atoms with E-state index in [2.05, 4.69) is 60.3 Å². The summed E-state index contributed by atoms with van der Waals surface area (Å²) in [5, 5.41) is 0. The molecule has 2 heteroatoms. The number of para-hydroxylation sites is 1. The zero-order chi connectivity index (χ0) is 27.2. The average molecular weight is 527 g/mol. The van der Waals surface area contributed by atoms with Crippen molar-refractivity contribution < 1.29 is 9.30 Å². The maximum absolute atomic E-state index is 5.88. The van der Waals surface area contributed by atoms with Gasteiger partial charge >= 0.3 is 0 Å². The van der Waals surface area contributed by atoms with Gasteiger partial charge in [0, 0.05) is 18.6 Å². The monoisotopic (exact) mass is 526 g/mol. The fourth-order valence-electron chi connectivity index (χ4n) is 5.04. The van der Waals surface area contributed by atoms with Crippen LogP contribution < -0.4 is 9.30 Å². The second-order valence-corrected chi connectivity index (χ2v) is 11.0. The van der Waals surface area contributed by atoms with E-state index < -0.39 is 0 Å². The highest BCUT2D eigenvalue weighted by molar-refractivity contribution is 5.69. The number of nitrogens with zero attached hydrogens (tertiary/aromatic N) is 1. The van der Waals surface area contributed by atoms with Crippen LogP contribution in [0.15, 0.2) is 79.1 Å². The number of pyridine rings is 1. The third-order valence-corrected chi connectivity index (χ3v) is 7.51. The molecule has 2 aromatic carbocycles. The van der Waals surface area contributed by atoms with Gasteiger partial charge in [0.25, 0.3) is 0 Å². The number of aryl methyl sites for hydroxylation is 1. The van der Waals surface area contributed by atoms with Crippen molar-refractivity contribution in [2.24, 2.45) is 0 Å². The van der Waals surface area contributed by atoms with Crippen molar-refractivity contribution in [3.63, 3.8) is 0 Å². The molecule has 0 unspecified atom stereocenters. The summed E-state index contributed by atoms with van der Waals surface area (Å²) in [5.74, 6) is 1.71. The van der Waals surface area contributed by atoms with Crippen LogP contribution in [0.2, 0.25) is 0 Å². The van der Waals surface area contributed by atoms with Gasteiger partial charge < -0.3 is 4.74 Å². The first-order chi connectivity index (χ1) is 19.3. The Hall–Kier alpha value is -2.87. The lowest BCUT2D eigenvalue weighted by atomic mass is 10.0. The van der Waals surface area contributed by atoms with E-state index in [1.54, 1.807) is 0 Å². The minimum atomic E-state index is 0.855. The van der Waals surface area contributed by atoms with Crippen LogP contribution in [0.4, 0.5) is 0 Å². The van der Waals surface area contributed by atoms with Crippen molar-refractivity contribution in [2.45, 2.75) is 116 Å². The van der Waals surface area contributed by atoms with E-state index in [9.17, 15) is 0 Å². The first kappa shape index (κ1) is 30.7. The number of benzene rings is 2. The number of rotatable bonds is 21. The van der Waals surface area contributed by atoms with Gasteiger partial charge in [0.1, 0.15) is 18.0 Å². The molecule has 0 N–H and O–H groups in total. The molecule has 0 radical (unpaired) electrons. The molecule has 0 fully saturated rings. The smallest absolute Gasteiger partial charge is 0.169 e. The fraction of sp³-hybridized carbons (Fsp3) is 0.486. The predicted molar refractivity (Wildman–Crippen MR) is 168 cm³/mol. The maximum atomic E-state index is 5.88. The zero-order valence-electron chi connectivity index (χ0n) is 24.5. The summed E-state index contributed by atoms with van der Waals surface area (Å²) in [6.45, 7) is 3.41. The van der Waals surface area contributed by atoms with Crippen LogP contribution >= 0.6 is 0 Å². The topological polar surface area (TPSA) is 13.1 Å². The summed E-state index contributed by atoms with van der Waals surface area (Å²) in [7, 11) is 0. The lowest BCUT2D eigenvalue weighted by Gasteiger charge is -2.05. The molecular weight excluding hydrogens is 474 g/mol. The summed E-state index contributed by atoms with van der Waals surface area (Å²) in [6, 6.07) is 22.5. The van der Waals surface area contributed by atoms with Crippen molar-refractivity contribution in [3.05, 3.63) is 90.3 Å². The molecule has 0 aliphatic carbocycles. The molecule has 3 aromatic rings. The minimum absolute atomic E-state index is 0.855. The molecule has 0 spiro atoms. The molecule has 2 nitrogen and oxygen atoms in total. The normalized spacial score (nSPS) is 11.3. The number of ether oxygens (including phenoxy) is 1. The van der Waals surface area contributed by atoms with Gasteiger partial charge in [-0.05, 0) is 41.8 Å². The quantitative estimate of drug-likeness (QED) is 0.0993. The summed E-state index contributed by atoms with van der Waals surface area (Å²) in [4.78, 5) is 0. The minimum Gasteiger partial charge on any atom is -0.457 e. The van der Waals surface area contributed by atoms with Gasteiger partial charge in [-0.3, -0.25) is 0 Å². The number of hydrogen-bond acceptors (Lipinski definition) is 1. The second-order valence-electron chi connectivity index (χ2n) is 11.0. The van der Waals surface area contributed by atoms with E-state index in [0.717, 1.165) is 18.0 Å². The van der Waals surface area contributed by atoms with E-state index in [4.69, 9.17) is 4.74 Å². The average Bonchev–Trinajstić information content (AvgIpc) is 2.98. The fourth-order valence-corrected chi connectivity index (χ4v) is 5.04. The van der Waals surface area contributed by atoms with Crippen LogP contribution in [-0.4, -0.2) is 0 Å². The van der Waals surface area contributed by atoms with Gasteiger partial charge in [0.2, 0.25) is 0 Å². The van der Waals surface area contributed by atoms with Crippen molar-refractivity contribution in [3.8, 4) is 11.5 Å².